The molecule has 1 N–H and O–H groups in total. The molecule has 3 aromatic rings. The number of fused-ring (bicyclic) bond motifs is 1. The number of benzene rings is 1. The van der Waals surface area contributed by atoms with Gasteiger partial charge in [-0.05, 0) is 31.4 Å². The van der Waals surface area contributed by atoms with Crippen molar-refractivity contribution >= 4 is 5.91 Å². The summed E-state index contributed by atoms with van der Waals surface area (Å²) in [6.45, 7) is 1.43. The molecule has 0 fully saturated rings. The molecule has 0 radical (unpaired) electrons. The molecule has 0 saturated heterocycles. The van der Waals surface area contributed by atoms with Gasteiger partial charge in [-0.2, -0.15) is 15.0 Å². The van der Waals surface area contributed by atoms with Gasteiger partial charge in [-0.25, -0.2) is 0 Å². The molecular formula is C17H18N6O. The van der Waals surface area contributed by atoms with Crippen molar-refractivity contribution in [1.82, 2.24) is 30.1 Å². The number of carbonyl (C=O) groups excluding carboxylic acids is 1. The predicted octanol–water partition coefficient (Wildman–Crippen LogP) is 1.73. The number of hydrogen-bond acceptors (Lipinski definition) is 4. The highest BCUT2D eigenvalue weighted by atomic mass is 16.2. The first-order valence-corrected chi connectivity index (χ1v) is 8.11. The number of aromatic nitrogens is 5. The first-order valence-electron chi connectivity index (χ1n) is 8.11. The molecular weight excluding hydrogens is 304 g/mol. The van der Waals surface area contributed by atoms with E-state index in [4.69, 9.17) is 0 Å². The zero-order valence-electron chi connectivity index (χ0n) is 13.2. The van der Waals surface area contributed by atoms with Crippen LogP contribution in [-0.4, -0.2) is 30.7 Å². The summed E-state index contributed by atoms with van der Waals surface area (Å²) in [4.78, 5) is 13.8. The van der Waals surface area contributed by atoms with Crippen LogP contribution >= 0.6 is 0 Å². The maximum atomic E-state index is 12.3. The van der Waals surface area contributed by atoms with Crippen molar-refractivity contribution in [3.8, 4) is 5.69 Å². The van der Waals surface area contributed by atoms with E-state index >= 15 is 0 Å². The highest BCUT2D eigenvalue weighted by Gasteiger charge is 2.16. The molecule has 0 aliphatic carbocycles. The van der Waals surface area contributed by atoms with Gasteiger partial charge in [-0.1, -0.05) is 18.2 Å². The third kappa shape index (κ3) is 2.80. The maximum Gasteiger partial charge on any atom is 0.273 e. The Hall–Kier alpha value is -2.96. The molecule has 4 rings (SSSR count). The third-order valence-electron chi connectivity index (χ3n) is 4.22. The van der Waals surface area contributed by atoms with Crippen molar-refractivity contribution in [3.05, 3.63) is 59.7 Å². The summed E-state index contributed by atoms with van der Waals surface area (Å²) in [6.07, 6.45) is 6.70. The lowest BCUT2D eigenvalue weighted by molar-refractivity contribution is 0.0945. The average Bonchev–Trinajstić information content (AvgIpc) is 3.28. The quantitative estimate of drug-likeness (QED) is 0.793. The van der Waals surface area contributed by atoms with Crippen molar-refractivity contribution in [3.63, 3.8) is 0 Å². The van der Waals surface area contributed by atoms with E-state index in [-0.39, 0.29) is 5.91 Å². The number of carbonyl (C=O) groups is 1. The van der Waals surface area contributed by atoms with Crippen LogP contribution in [0.4, 0.5) is 0 Å². The smallest absolute Gasteiger partial charge is 0.273 e. The van der Waals surface area contributed by atoms with Gasteiger partial charge in [0.15, 0.2) is 5.69 Å². The number of para-hydroxylation sites is 1. The van der Waals surface area contributed by atoms with E-state index in [1.165, 1.54) is 29.5 Å². The van der Waals surface area contributed by atoms with Crippen molar-refractivity contribution in [1.29, 1.82) is 0 Å². The van der Waals surface area contributed by atoms with Crippen molar-refractivity contribution in [2.24, 2.45) is 0 Å². The van der Waals surface area contributed by atoms with Crippen LogP contribution in [0.3, 0.4) is 0 Å². The second kappa shape index (κ2) is 6.27. The lowest BCUT2D eigenvalue weighted by atomic mass is 10.1. The summed E-state index contributed by atoms with van der Waals surface area (Å²) in [6, 6.07) is 9.51. The number of rotatable bonds is 4. The third-order valence-corrected chi connectivity index (χ3v) is 4.22. The molecule has 0 bridgehead atoms. The van der Waals surface area contributed by atoms with Crippen LogP contribution in [0.15, 0.2) is 42.7 Å². The fourth-order valence-electron chi connectivity index (χ4n) is 2.95. The topological polar surface area (TPSA) is 77.6 Å². The fourth-order valence-corrected chi connectivity index (χ4v) is 2.95. The second-order valence-corrected chi connectivity index (χ2v) is 5.83. The summed E-state index contributed by atoms with van der Waals surface area (Å²) in [5.74, 6) is -0.229. The van der Waals surface area contributed by atoms with Crippen molar-refractivity contribution < 1.29 is 4.79 Å². The highest BCUT2D eigenvalue weighted by Crippen LogP contribution is 2.17. The van der Waals surface area contributed by atoms with Gasteiger partial charge in [0.25, 0.3) is 5.91 Å². The first kappa shape index (κ1) is 14.6. The maximum absolute atomic E-state index is 12.3. The summed E-state index contributed by atoms with van der Waals surface area (Å²) < 4.78 is 2.04. The number of aryl methyl sites for hydroxylation is 1. The van der Waals surface area contributed by atoms with Crippen LogP contribution in [-0.2, 0) is 19.5 Å². The Morgan fingerprint density at radius 3 is 2.88 bits per heavy atom. The highest BCUT2D eigenvalue weighted by molar-refractivity contribution is 5.91. The van der Waals surface area contributed by atoms with Gasteiger partial charge >= 0.3 is 0 Å². The zero-order valence-corrected chi connectivity index (χ0v) is 13.2. The molecule has 1 aromatic carbocycles. The van der Waals surface area contributed by atoms with E-state index in [9.17, 15) is 4.79 Å². The van der Waals surface area contributed by atoms with Crippen molar-refractivity contribution in [2.45, 2.75) is 32.4 Å². The molecule has 0 saturated carbocycles. The number of nitrogens with one attached hydrogen (secondary N) is 1. The van der Waals surface area contributed by atoms with Crippen molar-refractivity contribution in [2.75, 3.05) is 0 Å². The minimum Gasteiger partial charge on any atom is -0.346 e. The molecule has 0 unspecified atom stereocenters. The molecule has 3 heterocycles. The van der Waals surface area contributed by atoms with Gasteiger partial charge in [-0.3, -0.25) is 9.48 Å². The zero-order chi connectivity index (χ0) is 16.4. The molecule has 7 heteroatoms. The van der Waals surface area contributed by atoms with E-state index in [0.29, 0.717) is 12.2 Å². The Morgan fingerprint density at radius 1 is 1.12 bits per heavy atom. The molecule has 24 heavy (non-hydrogen) atoms. The summed E-state index contributed by atoms with van der Waals surface area (Å²) in [5, 5.41) is 15.7. The van der Waals surface area contributed by atoms with E-state index < -0.39 is 0 Å². The van der Waals surface area contributed by atoms with Gasteiger partial charge < -0.3 is 5.32 Å². The largest absolute Gasteiger partial charge is 0.346 e. The Balaban J connectivity index is 1.44. The number of amides is 1. The SMILES string of the molecule is O=C(NCc1cnn2c1CCCC2)c1cnn(-c2ccccc2)n1. The van der Waals surface area contributed by atoms with Crippen LogP contribution in [0.1, 0.15) is 34.6 Å². The minimum atomic E-state index is -0.229. The first-order chi connectivity index (χ1) is 11.8. The van der Waals surface area contributed by atoms with Gasteiger partial charge in [-0.15, -0.1) is 5.10 Å². The van der Waals surface area contributed by atoms with Gasteiger partial charge in [0.1, 0.15) is 0 Å². The normalized spacial score (nSPS) is 13.5. The molecule has 7 nitrogen and oxygen atoms in total. The van der Waals surface area contributed by atoms with Crippen LogP contribution < -0.4 is 5.32 Å². The summed E-state index contributed by atoms with van der Waals surface area (Å²) in [7, 11) is 0. The molecule has 0 spiro atoms. The van der Waals surface area contributed by atoms with E-state index in [1.54, 1.807) is 0 Å². The van der Waals surface area contributed by atoms with Gasteiger partial charge in [0.05, 0.1) is 18.1 Å². The summed E-state index contributed by atoms with van der Waals surface area (Å²) >= 11 is 0. The van der Waals surface area contributed by atoms with Gasteiger partial charge in [0.2, 0.25) is 0 Å². The number of nitrogens with zero attached hydrogens (tertiary/aromatic N) is 5. The van der Waals surface area contributed by atoms with E-state index in [0.717, 1.165) is 24.2 Å². The monoisotopic (exact) mass is 322 g/mol. The average molecular weight is 322 g/mol. The van der Waals surface area contributed by atoms with Gasteiger partial charge in [0, 0.05) is 24.3 Å². The molecule has 2 aromatic heterocycles. The minimum absolute atomic E-state index is 0.229. The Labute approximate surface area is 139 Å². The Bertz CT molecular complexity index is 851. The molecule has 122 valence electrons. The van der Waals surface area contributed by atoms with Crippen LogP contribution in [0, 0.1) is 0 Å². The second-order valence-electron chi connectivity index (χ2n) is 5.83. The number of hydrogen-bond donors (Lipinski definition) is 1. The van der Waals surface area contributed by atoms with Crippen LogP contribution in [0.2, 0.25) is 0 Å². The summed E-state index contributed by atoms with van der Waals surface area (Å²) in [5.41, 5.74) is 3.44. The Morgan fingerprint density at radius 2 is 2.00 bits per heavy atom. The molecule has 0 atom stereocenters. The van der Waals surface area contributed by atoms with E-state index in [2.05, 4.69) is 20.6 Å². The standard InChI is InChI=1S/C17H18N6O/c24-17(15-12-20-23(21-15)14-6-2-1-3-7-14)18-10-13-11-19-22-9-5-4-8-16(13)22/h1-3,6-7,11-12H,4-5,8-10H2,(H,18,24). The Kier molecular flexibility index (Phi) is 3.82. The fraction of sp³-hybridized carbons (Fsp3) is 0.294. The predicted molar refractivity (Wildman–Crippen MR) is 87.7 cm³/mol. The van der Waals surface area contributed by atoms with Crippen LogP contribution in [0.25, 0.3) is 5.69 Å². The van der Waals surface area contributed by atoms with Crippen LogP contribution in [0.5, 0.6) is 0 Å². The lowest BCUT2D eigenvalue weighted by Crippen LogP contribution is -2.24. The molecule has 1 aliphatic rings. The molecule has 1 aliphatic heterocycles. The van der Waals surface area contributed by atoms with E-state index in [1.807, 2.05) is 41.2 Å². The lowest BCUT2D eigenvalue weighted by Gasteiger charge is -2.14. The molecule has 1 amide bonds.